The van der Waals surface area contributed by atoms with Gasteiger partial charge in [0, 0.05) is 13.5 Å². The van der Waals surface area contributed by atoms with Crippen molar-refractivity contribution in [2.45, 2.75) is 19.4 Å². The Balaban J connectivity index is 2.29. The summed E-state index contributed by atoms with van der Waals surface area (Å²) >= 11 is 8.00. The van der Waals surface area contributed by atoms with Crippen LogP contribution in [0.5, 0.6) is 5.75 Å². The first kappa shape index (κ1) is 14.4. The fourth-order valence-electron chi connectivity index (χ4n) is 2.15. The highest BCUT2D eigenvalue weighted by atomic mass is 35.5. The molecule has 19 heavy (non-hydrogen) atoms. The largest absolute Gasteiger partial charge is 0.496 e. The molecule has 2 rings (SSSR count). The highest BCUT2D eigenvalue weighted by Gasteiger charge is 2.21. The predicted molar refractivity (Wildman–Crippen MR) is 79.3 cm³/mol. The Morgan fingerprint density at radius 2 is 2.32 bits per heavy atom. The van der Waals surface area contributed by atoms with Crippen molar-refractivity contribution in [3.63, 3.8) is 0 Å². The van der Waals surface area contributed by atoms with Crippen molar-refractivity contribution >= 4 is 22.9 Å². The van der Waals surface area contributed by atoms with E-state index in [-0.39, 0.29) is 6.04 Å². The Hall–Kier alpha value is -1.04. The molecule has 0 radical (unpaired) electrons. The average molecular weight is 300 g/mol. The second-order valence-corrected chi connectivity index (χ2v) is 5.69. The van der Waals surface area contributed by atoms with Gasteiger partial charge in [0.1, 0.15) is 5.75 Å². The lowest BCUT2D eigenvalue weighted by atomic mass is 10.1. The van der Waals surface area contributed by atoms with Gasteiger partial charge in [0.05, 0.1) is 34.4 Å². The molecule has 0 amide bonds. The van der Waals surface area contributed by atoms with E-state index in [9.17, 15) is 0 Å². The van der Waals surface area contributed by atoms with Crippen LogP contribution >= 0.6 is 22.9 Å². The molecule has 1 unspecified atom stereocenters. The van der Waals surface area contributed by atoms with Crippen molar-refractivity contribution in [3.05, 3.63) is 32.7 Å². The lowest BCUT2D eigenvalue weighted by molar-refractivity contribution is 0.404. The van der Waals surface area contributed by atoms with Crippen LogP contribution in [0.1, 0.15) is 22.3 Å². The third-order valence-corrected chi connectivity index (χ3v) is 4.70. The van der Waals surface area contributed by atoms with E-state index in [0.29, 0.717) is 0 Å². The molecule has 0 aliphatic carbocycles. The van der Waals surface area contributed by atoms with Gasteiger partial charge in [-0.15, -0.1) is 11.3 Å². The molecule has 2 heterocycles. The Labute approximate surface area is 122 Å². The molecule has 4 nitrogen and oxygen atoms in total. The summed E-state index contributed by atoms with van der Waals surface area (Å²) in [6, 6.07) is 2.16. The van der Waals surface area contributed by atoms with E-state index in [1.807, 2.05) is 37.1 Å². The minimum Gasteiger partial charge on any atom is -0.496 e. The van der Waals surface area contributed by atoms with E-state index < -0.39 is 0 Å². The van der Waals surface area contributed by atoms with Gasteiger partial charge in [0.15, 0.2) is 0 Å². The fourth-order valence-corrected chi connectivity index (χ4v) is 3.36. The second-order valence-electron chi connectivity index (χ2n) is 4.37. The quantitative estimate of drug-likeness (QED) is 0.922. The van der Waals surface area contributed by atoms with Crippen molar-refractivity contribution in [1.29, 1.82) is 0 Å². The number of aromatic nitrogens is 2. The molecule has 0 fully saturated rings. The maximum atomic E-state index is 6.31. The number of hydrogen-bond donors (Lipinski definition) is 1. The van der Waals surface area contributed by atoms with E-state index in [4.69, 9.17) is 16.3 Å². The molecule has 0 aromatic carbocycles. The summed E-state index contributed by atoms with van der Waals surface area (Å²) in [6.45, 7) is 1.92. The molecule has 2 aromatic rings. The Kier molecular flexibility index (Phi) is 4.50. The fraction of sp³-hybridized carbons (Fsp3) is 0.462. The first-order valence-corrected chi connectivity index (χ1v) is 7.30. The molecule has 0 saturated heterocycles. The summed E-state index contributed by atoms with van der Waals surface area (Å²) < 4.78 is 7.24. The molecule has 6 heteroatoms. The molecule has 0 aliphatic heterocycles. The third kappa shape index (κ3) is 2.78. The zero-order valence-electron chi connectivity index (χ0n) is 11.5. The number of thiophene rings is 1. The number of likely N-dealkylation sites (N-methyl/N-ethyl adjacent to an activating group) is 1. The minimum atomic E-state index is 0.169. The van der Waals surface area contributed by atoms with Gasteiger partial charge in [0.2, 0.25) is 0 Å². The molecule has 0 bridgehead atoms. The predicted octanol–water partition coefficient (Wildman–Crippen LogP) is 2.96. The topological polar surface area (TPSA) is 39.1 Å². The minimum absolute atomic E-state index is 0.169. The van der Waals surface area contributed by atoms with Crippen LogP contribution in [0.3, 0.4) is 0 Å². The molecule has 104 valence electrons. The van der Waals surface area contributed by atoms with Gasteiger partial charge < -0.3 is 10.1 Å². The smallest absolute Gasteiger partial charge is 0.134 e. The van der Waals surface area contributed by atoms with Gasteiger partial charge >= 0.3 is 0 Å². The van der Waals surface area contributed by atoms with Crippen molar-refractivity contribution in [2.75, 3.05) is 14.2 Å². The zero-order chi connectivity index (χ0) is 14.0. The van der Waals surface area contributed by atoms with E-state index >= 15 is 0 Å². The lowest BCUT2D eigenvalue weighted by Crippen LogP contribution is -2.19. The third-order valence-electron chi connectivity index (χ3n) is 3.20. The second kappa shape index (κ2) is 5.94. The van der Waals surface area contributed by atoms with E-state index in [1.54, 1.807) is 18.4 Å². The summed E-state index contributed by atoms with van der Waals surface area (Å²) in [5.74, 6) is 0.916. The van der Waals surface area contributed by atoms with Gasteiger partial charge in [-0.25, -0.2) is 0 Å². The SMILES string of the molecule is CNC(Cc1c(Cl)c(C)nn1C)c1sccc1OC. The molecule has 1 atom stereocenters. The highest BCUT2D eigenvalue weighted by Crippen LogP contribution is 2.34. The van der Waals surface area contributed by atoms with Gasteiger partial charge in [-0.05, 0) is 25.4 Å². The van der Waals surface area contributed by atoms with Crippen LogP contribution in [0.4, 0.5) is 0 Å². The standard InChI is InChI=1S/C13H18ClN3OS/c1-8-12(14)10(17(3)16-8)7-9(15-2)13-11(18-4)5-6-19-13/h5-6,9,15H,7H2,1-4H3. The zero-order valence-corrected chi connectivity index (χ0v) is 13.1. The number of ether oxygens (including phenoxy) is 1. The Morgan fingerprint density at radius 3 is 2.84 bits per heavy atom. The van der Waals surface area contributed by atoms with Gasteiger partial charge in [-0.3, -0.25) is 4.68 Å². The normalized spacial score (nSPS) is 12.7. The summed E-state index contributed by atoms with van der Waals surface area (Å²) in [5.41, 5.74) is 1.90. The van der Waals surface area contributed by atoms with Crippen molar-refractivity contribution in [2.24, 2.45) is 7.05 Å². The molecule has 0 saturated carbocycles. The van der Waals surface area contributed by atoms with Crippen LogP contribution in [0.15, 0.2) is 11.4 Å². The maximum absolute atomic E-state index is 6.31. The monoisotopic (exact) mass is 299 g/mol. The van der Waals surface area contributed by atoms with E-state index in [1.165, 1.54) is 4.88 Å². The number of nitrogens with one attached hydrogen (secondary N) is 1. The number of rotatable bonds is 5. The van der Waals surface area contributed by atoms with Crippen LogP contribution in [-0.4, -0.2) is 23.9 Å². The number of hydrogen-bond acceptors (Lipinski definition) is 4. The summed E-state index contributed by atoms with van der Waals surface area (Å²) in [4.78, 5) is 1.18. The molecule has 2 aromatic heterocycles. The van der Waals surface area contributed by atoms with Crippen LogP contribution in [0, 0.1) is 6.92 Å². The summed E-state index contributed by atoms with van der Waals surface area (Å²) in [7, 11) is 5.56. The lowest BCUT2D eigenvalue weighted by Gasteiger charge is -2.16. The van der Waals surface area contributed by atoms with Gasteiger partial charge in [-0.2, -0.15) is 5.10 Å². The molecule has 0 spiro atoms. The van der Waals surface area contributed by atoms with Crippen LogP contribution < -0.4 is 10.1 Å². The maximum Gasteiger partial charge on any atom is 0.134 e. The average Bonchev–Trinajstić information content (AvgIpc) is 2.95. The number of aryl methyl sites for hydroxylation is 2. The van der Waals surface area contributed by atoms with Crippen molar-refractivity contribution < 1.29 is 4.74 Å². The van der Waals surface area contributed by atoms with E-state index in [0.717, 1.165) is 28.6 Å². The first-order chi connectivity index (χ1) is 9.08. The highest BCUT2D eigenvalue weighted by molar-refractivity contribution is 7.10. The first-order valence-electron chi connectivity index (χ1n) is 6.05. The molecular weight excluding hydrogens is 282 g/mol. The van der Waals surface area contributed by atoms with Gasteiger partial charge in [-0.1, -0.05) is 11.6 Å². The Morgan fingerprint density at radius 1 is 1.58 bits per heavy atom. The number of halogens is 1. The van der Waals surface area contributed by atoms with Gasteiger partial charge in [0.25, 0.3) is 0 Å². The Bertz CT molecular complexity index is 564. The number of methoxy groups -OCH3 is 1. The molecule has 1 N–H and O–H groups in total. The summed E-state index contributed by atoms with van der Waals surface area (Å²) in [6.07, 6.45) is 0.781. The molecule has 0 aliphatic rings. The van der Waals surface area contributed by atoms with Crippen LogP contribution in [0.2, 0.25) is 5.02 Å². The van der Waals surface area contributed by atoms with Crippen molar-refractivity contribution in [3.8, 4) is 5.75 Å². The number of nitrogens with zero attached hydrogens (tertiary/aromatic N) is 2. The van der Waals surface area contributed by atoms with E-state index in [2.05, 4.69) is 10.4 Å². The summed E-state index contributed by atoms with van der Waals surface area (Å²) in [5, 5.41) is 10.5. The van der Waals surface area contributed by atoms with Crippen molar-refractivity contribution in [1.82, 2.24) is 15.1 Å². The van der Waals surface area contributed by atoms with Crippen LogP contribution in [-0.2, 0) is 13.5 Å². The molecular formula is C13H18ClN3OS. The van der Waals surface area contributed by atoms with Crippen LogP contribution in [0.25, 0.3) is 0 Å².